The summed E-state index contributed by atoms with van der Waals surface area (Å²) in [5, 5.41) is 17.4. The average Bonchev–Trinajstić information content (AvgIpc) is 2.59. The number of nitro groups is 1. The normalized spacial score (nSPS) is 10.3. The zero-order valence-electron chi connectivity index (χ0n) is 12.5. The Morgan fingerprint density at radius 1 is 1.00 bits per heavy atom. The van der Waals surface area contributed by atoms with Gasteiger partial charge in [0.1, 0.15) is 12.1 Å². The van der Waals surface area contributed by atoms with Gasteiger partial charge in [-0.2, -0.15) is 0 Å². The smallest absolute Gasteiger partial charge is 0.334 e. The van der Waals surface area contributed by atoms with Crippen LogP contribution >= 0.6 is 38.5 Å². The number of nitrogens with zero attached hydrogens (tertiary/aromatic N) is 4. The highest BCUT2D eigenvalue weighted by Crippen LogP contribution is 2.32. The number of hydrogen-bond acceptors (Lipinski definition) is 7. The lowest BCUT2D eigenvalue weighted by atomic mass is 10.3. The second-order valence-corrected chi connectivity index (χ2v) is 6.96. The maximum absolute atomic E-state index is 11.5. The van der Waals surface area contributed by atoms with Crippen molar-refractivity contribution in [3.63, 3.8) is 0 Å². The molecule has 3 rings (SSSR count). The molecule has 0 radical (unpaired) electrons. The first-order chi connectivity index (χ1) is 12.0. The molecule has 0 saturated carbocycles. The molecule has 2 aromatic heterocycles. The summed E-state index contributed by atoms with van der Waals surface area (Å²) in [7, 11) is 0. The molecule has 0 unspecified atom stereocenters. The summed E-state index contributed by atoms with van der Waals surface area (Å²) in [6.45, 7) is 0. The van der Waals surface area contributed by atoms with Gasteiger partial charge >= 0.3 is 5.69 Å². The Balaban J connectivity index is 1.94. The fourth-order valence-corrected chi connectivity index (χ4v) is 2.57. The Kier molecular flexibility index (Phi) is 5.38. The average molecular weight is 513 g/mol. The lowest BCUT2D eigenvalue weighted by Gasteiger charge is -2.10. The number of halogens is 2. The van der Waals surface area contributed by atoms with Gasteiger partial charge in [-0.1, -0.05) is 0 Å². The first kappa shape index (κ1) is 17.5. The molecule has 0 spiro atoms. The minimum Gasteiger partial charge on any atom is -0.334 e. The summed E-state index contributed by atoms with van der Waals surface area (Å²) in [5.41, 5.74) is 0.431. The molecule has 0 fully saturated rings. The van der Waals surface area contributed by atoms with Crippen molar-refractivity contribution in [1.29, 1.82) is 0 Å². The van der Waals surface area contributed by atoms with Crippen molar-refractivity contribution in [2.75, 3.05) is 10.6 Å². The molecule has 126 valence electrons. The molecule has 0 bridgehead atoms. The molecule has 3 aromatic rings. The van der Waals surface area contributed by atoms with Crippen LogP contribution in [0.1, 0.15) is 0 Å². The van der Waals surface area contributed by atoms with Crippen molar-refractivity contribution in [3.05, 3.63) is 67.1 Å². The predicted molar refractivity (Wildman–Crippen MR) is 106 cm³/mol. The zero-order valence-corrected chi connectivity index (χ0v) is 16.2. The topological polar surface area (TPSA) is 106 Å². The molecule has 10 heteroatoms. The Bertz CT molecular complexity index is 839. The van der Waals surface area contributed by atoms with Gasteiger partial charge in [-0.25, -0.2) is 15.0 Å². The van der Waals surface area contributed by atoms with E-state index >= 15 is 0 Å². The lowest BCUT2D eigenvalue weighted by molar-refractivity contribution is -0.383. The fraction of sp³-hybridized carbons (Fsp3) is 0. The van der Waals surface area contributed by atoms with Crippen molar-refractivity contribution < 1.29 is 4.92 Å². The molecule has 8 nitrogen and oxygen atoms in total. The molecule has 0 atom stereocenters. The molecule has 25 heavy (non-hydrogen) atoms. The summed E-state index contributed by atoms with van der Waals surface area (Å²) in [6.07, 6.45) is 2.84. The van der Waals surface area contributed by atoms with Gasteiger partial charge in [-0.15, -0.1) is 0 Å². The molecular formula is C15H10BrIN6O2. The molecule has 0 aliphatic carbocycles. The molecule has 2 heterocycles. The monoisotopic (exact) mass is 512 g/mol. The third-order valence-corrected chi connectivity index (χ3v) is 4.27. The number of rotatable bonds is 5. The molecular weight excluding hydrogens is 503 g/mol. The van der Waals surface area contributed by atoms with Crippen molar-refractivity contribution in [1.82, 2.24) is 15.0 Å². The first-order valence-electron chi connectivity index (χ1n) is 6.93. The highest BCUT2D eigenvalue weighted by atomic mass is 127. The first-order valence-corrected chi connectivity index (χ1v) is 8.80. The summed E-state index contributed by atoms with van der Waals surface area (Å²) in [4.78, 5) is 23.1. The standard InChI is InChI=1S/C15H10BrIN6O2/c16-9-1-6-12(18-7-9)22-15-13(23(24)25)14(19-8-20-15)21-11-4-2-10(17)3-5-11/h1-8H,(H2,18,19,20,21,22). The third-order valence-electron chi connectivity index (χ3n) is 3.09. The molecule has 2 N–H and O–H groups in total. The maximum Gasteiger partial charge on any atom is 0.353 e. The van der Waals surface area contributed by atoms with E-state index in [9.17, 15) is 10.1 Å². The molecule has 0 aliphatic heterocycles. The van der Waals surface area contributed by atoms with Gasteiger partial charge in [0, 0.05) is 19.9 Å². The highest BCUT2D eigenvalue weighted by Gasteiger charge is 2.23. The molecule has 0 aliphatic rings. The molecule has 1 aromatic carbocycles. The van der Waals surface area contributed by atoms with Gasteiger partial charge in [0.15, 0.2) is 0 Å². The van der Waals surface area contributed by atoms with Gasteiger partial charge in [0.25, 0.3) is 0 Å². The van der Waals surface area contributed by atoms with Crippen LogP contribution in [0.3, 0.4) is 0 Å². The summed E-state index contributed by atoms with van der Waals surface area (Å²) in [6, 6.07) is 10.9. The second-order valence-electron chi connectivity index (χ2n) is 4.80. The maximum atomic E-state index is 11.5. The van der Waals surface area contributed by atoms with Crippen LogP contribution < -0.4 is 10.6 Å². The van der Waals surface area contributed by atoms with E-state index < -0.39 is 4.92 Å². The van der Waals surface area contributed by atoms with Gasteiger partial charge in [0.2, 0.25) is 11.6 Å². The van der Waals surface area contributed by atoms with E-state index in [1.165, 1.54) is 6.33 Å². The number of anilines is 4. The van der Waals surface area contributed by atoms with Crippen LogP contribution in [0.4, 0.5) is 28.8 Å². The van der Waals surface area contributed by atoms with Crippen LogP contribution in [0.15, 0.2) is 53.4 Å². The number of benzene rings is 1. The quantitative estimate of drug-likeness (QED) is 0.291. The van der Waals surface area contributed by atoms with E-state index in [1.54, 1.807) is 18.3 Å². The van der Waals surface area contributed by atoms with Crippen LogP contribution in [0.5, 0.6) is 0 Å². The third kappa shape index (κ3) is 4.39. The Morgan fingerprint density at radius 2 is 1.68 bits per heavy atom. The molecule has 0 amide bonds. The van der Waals surface area contributed by atoms with E-state index in [1.807, 2.05) is 24.3 Å². The summed E-state index contributed by atoms with van der Waals surface area (Å²) >= 11 is 5.47. The van der Waals surface area contributed by atoms with Crippen molar-refractivity contribution in [2.24, 2.45) is 0 Å². The van der Waals surface area contributed by atoms with E-state index in [4.69, 9.17) is 0 Å². The van der Waals surface area contributed by atoms with Gasteiger partial charge in [-0.05, 0) is 74.9 Å². The highest BCUT2D eigenvalue weighted by molar-refractivity contribution is 14.1. The second kappa shape index (κ2) is 7.70. The van der Waals surface area contributed by atoms with Crippen molar-refractivity contribution in [3.8, 4) is 0 Å². The van der Waals surface area contributed by atoms with Gasteiger partial charge < -0.3 is 10.6 Å². The SMILES string of the molecule is O=[N+]([O-])c1c(Nc2ccc(I)cc2)ncnc1Nc1ccc(Br)cn1. The minimum absolute atomic E-state index is 0.0582. The summed E-state index contributed by atoms with van der Waals surface area (Å²) < 4.78 is 1.86. The zero-order chi connectivity index (χ0) is 17.8. The van der Waals surface area contributed by atoms with Gasteiger partial charge in [0.05, 0.1) is 4.92 Å². The number of nitrogens with one attached hydrogen (secondary N) is 2. The van der Waals surface area contributed by atoms with Crippen LogP contribution in [-0.4, -0.2) is 19.9 Å². The van der Waals surface area contributed by atoms with E-state index in [0.29, 0.717) is 11.5 Å². The predicted octanol–water partition coefficient (Wildman–Crippen LogP) is 4.63. The number of hydrogen-bond donors (Lipinski definition) is 2. The summed E-state index contributed by atoms with van der Waals surface area (Å²) in [5.74, 6) is 0.592. The van der Waals surface area contributed by atoms with E-state index in [2.05, 4.69) is 64.1 Å². The van der Waals surface area contributed by atoms with Crippen LogP contribution in [0, 0.1) is 13.7 Å². The fourth-order valence-electron chi connectivity index (χ4n) is 1.98. The molecule has 0 saturated heterocycles. The Morgan fingerprint density at radius 3 is 2.28 bits per heavy atom. The number of pyridine rings is 1. The number of aromatic nitrogens is 3. The van der Waals surface area contributed by atoms with Gasteiger partial charge in [-0.3, -0.25) is 10.1 Å². The Labute approximate surface area is 164 Å². The van der Waals surface area contributed by atoms with Crippen molar-refractivity contribution >= 4 is 67.3 Å². The van der Waals surface area contributed by atoms with Crippen LogP contribution in [0.25, 0.3) is 0 Å². The van der Waals surface area contributed by atoms with E-state index in [0.717, 1.165) is 8.04 Å². The van der Waals surface area contributed by atoms with Crippen LogP contribution in [0.2, 0.25) is 0 Å². The lowest BCUT2D eigenvalue weighted by Crippen LogP contribution is -2.06. The minimum atomic E-state index is -0.532. The largest absolute Gasteiger partial charge is 0.353 e. The van der Waals surface area contributed by atoms with Crippen molar-refractivity contribution in [2.45, 2.75) is 0 Å². The Hall–Kier alpha value is -2.34. The van der Waals surface area contributed by atoms with E-state index in [-0.39, 0.29) is 17.3 Å². The van der Waals surface area contributed by atoms with Crippen LogP contribution in [-0.2, 0) is 0 Å².